The van der Waals surface area contributed by atoms with Gasteiger partial charge in [0.05, 0.1) is 11.9 Å². The molecule has 0 saturated heterocycles. The summed E-state index contributed by atoms with van der Waals surface area (Å²) < 4.78 is 1.92. The summed E-state index contributed by atoms with van der Waals surface area (Å²) in [6.45, 7) is 2.24. The van der Waals surface area contributed by atoms with E-state index in [1.54, 1.807) is 11.3 Å². The van der Waals surface area contributed by atoms with Crippen LogP contribution in [-0.4, -0.2) is 14.6 Å². The van der Waals surface area contributed by atoms with E-state index in [4.69, 9.17) is 0 Å². The van der Waals surface area contributed by atoms with E-state index >= 15 is 0 Å². The largest absolute Gasteiger partial charge is 0.217 e. The van der Waals surface area contributed by atoms with Gasteiger partial charge in [-0.25, -0.2) is 9.50 Å². The van der Waals surface area contributed by atoms with Gasteiger partial charge in [0.15, 0.2) is 0 Å². The molecule has 0 aliphatic carbocycles. The molecule has 3 aromatic rings. The minimum Gasteiger partial charge on any atom is -0.217 e. The van der Waals surface area contributed by atoms with Crippen molar-refractivity contribution in [2.75, 3.05) is 0 Å². The lowest BCUT2D eigenvalue weighted by Gasteiger charge is -1.95. The molecule has 2 aromatic heterocycles. The predicted molar refractivity (Wildman–Crippen MR) is 84.1 cm³/mol. The first-order valence-electron chi connectivity index (χ1n) is 7.27. The molecule has 0 amide bonds. The number of nitrogens with zero attached hydrogens (tertiary/aromatic N) is 3. The molecule has 0 N–H and O–H groups in total. The van der Waals surface area contributed by atoms with Crippen molar-refractivity contribution in [1.82, 2.24) is 14.6 Å². The number of aromatic nitrogens is 3. The number of aryl methyl sites for hydroxylation is 1. The maximum atomic E-state index is 4.67. The van der Waals surface area contributed by atoms with Crippen LogP contribution in [0.4, 0.5) is 0 Å². The van der Waals surface area contributed by atoms with Gasteiger partial charge in [-0.3, -0.25) is 0 Å². The first-order valence-corrected chi connectivity index (χ1v) is 8.09. The van der Waals surface area contributed by atoms with Crippen molar-refractivity contribution in [2.45, 2.75) is 39.0 Å². The fourth-order valence-electron chi connectivity index (χ4n) is 2.29. The second-order valence-corrected chi connectivity index (χ2v) is 6.07. The van der Waals surface area contributed by atoms with Crippen LogP contribution < -0.4 is 0 Å². The molecule has 3 rings (SSSR count). The summed E-state index contributed by atoms with van der Waals surface area (Å²) in [6.07, 6.45) is 8.23. The summed E-state index contributed by atoms with van der Waals surface area (Å²) in [4.78, 5) is 5.66. The molecule has 0 atom stereocenters. The van der Waals surface area contributed by atoms with Crippen LogP contribution in [0.2, 0.25) is 0 Å². The first-order chi connectivity index (χ1) is 9.86. The van der Waals surface area contributed by atoms with E-state index in [9.17, 15) is 0 Å². The molecule has 20 heavy (non-hydrogen) atoms. The highest BCUT2D eigenvalue weighted by Crippen LogP contribution is 2.22. The molecule has 3 nitrogen and oxygen atoms in total. The molecule has 1 aromatic carbocycles. The van der Waals surface area contributed by atoms with Gasteiger partial charge in [0, 0.05) is 12.0 Å². The van der Waals surface area contributed by atoms with Gasteiger partial charge >= 0.3 is 0 Å². The average Bonchev–Trinajstić information content (AvgIpc) is 3.03. The summed E-state index contributed by atoms with van der Waals surface area (Å²) in [5, 5.41) is 5.83. The lowest BCUT2D eigenvalue weighted by molar-refractivity contribution is 0.661. The van der Waals surface area contributed by atoms with Crippen molar-refractivity contribution in [1.29, 1.82) is 0 Å². The summed E-state index contributed by atoms with van der Waals surface area (Å²) in [6, 6.07) is 10.3. The summed E-state index contributed by atoms with van der Waals surface area (Å²) in [7, 11) is 0. The smallest absolute Gasteiger partial charge is 0.212 e. The zero-order valence-electron chi connectivity index (χ0n) is 11.7. The first kappa shape index (κ1) is 13.3. The molecule has 0 aliphatic rings. The Morgan fingerprint density at radius 3 is 2.70 bits per heavy atom. The Balaban J connectivity index is 1.73. The second-order valence-electron chi connectivity index (χ2n) is 5.03. The molecule has 0 unspecified atom stereocenters. The lowest BCUT2D eigenvalue weighted by atomic mass is 10.2. The van der Waals surface area contributed by atoms with Crippen LogP contribution in [0.15, 0.2) is 36.5 Å². The van der Waals surface area contributed by atoms with Crippen molar-refractivity contribution in [2.24, 2.45) is 0 Å². The molecule has 0 bridgehead atoms. The van der Waals surface area contributed by atoms with Crippen molar-refractivity contribution in [3.63, 3.8) is 0 Å². The van der Waals surface area contributed by atoms with Gasteiger partial charge in [-0.05, 0) is 6.42 Å². The third-order valence-electron chi connectivity index (χ3n) is 3.40. The molecule has 2 heterocycles. The third-order valence-corrected chi connectivity index (χ3v) is 4.38. The highest BCUT2D eigenvalue weighted by Gasteiger charge is 2.09. The summed E-state index contributed by atoms with van der Waals surface area (Å²) in [5.74, 6) is 0. The van der Waals surface area contributed by atoms with Gasteiger partial charge in [0.2, 0.25) is 4.96 Å². The van der Waals surface area contributed by atoms with Gasteiger partial charge in [-0.1, -0.05) is 67.9 Å². The topological polar surface area (TPSA) is 30.2 Å². The Bertz CT molecular complexity index is 638. The van der Waals surface area contributed by atoms with Crippen LogP contribution in [0, 0.1) is 0 Å². The fourth-order valence-corrected chi connectivity index (χ4v) is 3.21. The Labute approximate surface area is 123 Å². The molecular formula is C16H19N3S. The van der Waals surface area contributed by atoms with Crippen LogP contribution in [-0.2, 0) is 6.42 Å². The fraction of sp³-hybridized carbons (Fsp3) is 0.375. The maximum absolute atomic E-state index is 4.67. The zero-order valence-corrected chi connectivity index (χ0v) is 12.6. The van der Waals surface area contributed by atoms with Gasteiger partial charge in [-0.15, -0.1) is 0 Å². The number of imidazole rings is 1. The standard InChI is InChI=1S/C16H19N3S/c1-2-3-4-8-11-15-18-19-12-14(17-16(19)20-15)13-9-6-5-7-10-13/h5-7,9-10,12H,2-4,8,11H2,1H3. The van der Waals surface area contributed by atoms with Crippen LogP contribution in [0.3, 0.4) is 0 Å². The molecule has 0 radical (unpaired) electrons. The molecule has 0 spiro atoms. The van der Waals surface area contributed by atoms with Gasteiger partial charge < -0.3 is 0 Å². The number of benzene rings is 1. The van der Waals surface area contributed by atoms with Crippen molar-refractivity contribution in [3.05, 3.63) is 41.5 Å². The Morgan fingerprint density at radius 2 is 1.95 bits per heavy atom. The Kier molecular flexibility index (Phi) is 4.11. The van der Waals surface area contributed by atoms with E-state index in [2.05, 4.69) is 29.1 Å². The molecule has 0 saturated carbocycles. The van der Waals surface area contributed by atoms with E-state index in [-0.39, 0.29) is 0 Å². The normalized spacial score (nSPS) is 11.2. The Morgan fingerprint density at radius 1 is 1.10 bits per heavy atom. The zero-order chi connectivity index (χ0) is 13.8. The summed E-state index contributed by atoms with van der Waals surface area (Å²) >= 11 is 1.71. The van der Waals surface area contributed by atoms with Gasteiger partial charge in [0.1, 0.15) is 5.01 Å². The third kappa shape index (κ3) is 2.90. The van der Waals surface area contributed by atoms with Crippen molar-refractivity contribution >= 4 is 16.3 Å². The van der Waals surface area contributed by atoms with Crippen LogP contribution in [0.1, 0.15) is 37.6 Å². The molecule has 104 valence electrons. The van der Waals surface area contributed by atoms with Crippen LogP contribution in [0.25, 0.3) is 16.2 Å². The molecule has 4 heteroatoms. The highest BCUT2D eigenvalue weighted by molar-refractivity contribution is 7.16. The van der Waals surface area contributed by atoms with Crippen molar-refractivity contribution in [3.8, 4) is 11.3 Å². The quantitative estimate of drug-likeness (QED) is 0.620. The maximum Gasteiger partial charge on any atom is 0.212 e. The number of hydrogen-bond donors (Lipinski definition) is 0. The SMILES string of the molecule is CCCCCCc1nn2cc(-c3ccccc3)nc2s1. The van der Waals surface area contributed by atoms with Gasteiger partial charge in [-0.2, -0.15) is 5.10 Å². The second kappa shape index (κ2) is 6.18. The minimum absolute atomic E-state index is 0.995. The number of fused-ring (bicyclic) bond motifs is 1. The van der Waals surface area contributed by atoms with Gasteiger partial charge in [0.25, 0.3) is 0 Å². The molecule has 0 aliphatic heterocycles. The van der Waals surface area contributed by atoms with E-state index in [0.717, 1.165) is 22.6 Å². The number of hydrogen-bond acceptors (Lipinski definition) is 3. The van der Waals surface area contributed by atoms with E-state index in [1.165, 1.54) is 30.7 Å². The van der Waals surface area contributed by atoms with Crippen LogP contribution >= 0.6 is 11.3 Å². The van der Waals surface area contributed by atoms with E-state index < -0.39 is 0 Å². The van der Waals surface area contributed by atoms with Crippen LogP contribution in [0.5, 0.6) is 0 Å². The predicted octanol–water partition coefficient (Wildman–Crippen LogP) is 4.58. The highest BCUT2D eigenvalue weighted by atomic mass is 32.1. The van der Waals surface area contributed by atoms with E-state index in [0.29, 0.717) is 0 Å². The van der Waals surface area contributed by atoms with E-state index in [1.807, 2.05) is 28.9 Å². The number of unbranched alkanes of at least 4 members (excludes halogenated alkanes) is 3. The van der Waals surface area contributed by atoms with Crippen molar-refractivity contribution < 1.29 is 0 Å². The number of rotatable bonds is 6. The average molecular weight is 285 g/mol. The Hall–Kier alpha value is -1.68. The molecular weight excluding hydrogens is 266 g/mol. The monoisotopic (exact) mass is 285 g/mol. The minimum atomic E-state index is 0.995. The lowest BCUT2D eigenvalue weighted by Crippen LogP contribution is -1.87. The summed E-state index contributed by atoms with van der Waals surface area (Å²) in [5.41, 5.74) is 2.15. The molecule has 0 fully saturated rings.